The van der Waals surface area contributed by atoms with Gasteiger partial charge >= 0.3 is 5.97 Å². The molecular formula is C22H22N2O3. The number of nitrogens with zero attached hydrogens (tertiary/aromatic N) is 2. The van der Waals surface area contributed by atoms with Crippen LogP contribution in [0.1, 0.15) is 16.7 Å². The molecule has 0 bridgehead atoms. The topological polar surface area (TPSA) is 53.4 Å². The Hall–Kier alpha value is -3.34. The van der Waals surface area contributed by atoms with E-state index in [1.165, 1.54) is 11.6 Å². The minimum atomic E-state index is -0.362. The summed E-state index contributed by atoms with van der Waals surface area (Å²) >= 11 is 0. The Bertz CT molecular complexity index is 883. The maximum Gasteiger partial charge on any atom is 0.330 e. The van der Waals surface area contributed by atoms with Crippen molar-refractivity contribution in [3.63, 3.8) is 0 Å². The van der Waals surface area contributed by atoms with Gasteiger partial charge in [0.2, 0.25) is 0 Å². The van der Waals surface area contributed by atoms with E-state index in [1.807, 2.05) is 53.3 Å². The average molecular weight is 362 g/mol. The number of methoxy groups -OCH3 is 1. The summed E-state index contributed by atoms with van der Waals surface area (Å²) in [6.45, 7) is 1.03. The standard InChI is InChI=1S/C22H22N2O3/c1-26-21-10-7-18(8-11-21)13-14-27-22(25)12-9-20-15-23-24(17-20)16-19-5-3-2-4-6-19/h2-12,15,17H,13-14,16H2,1H3/b12-9+. The van der Waals surface area contributed by atoms with Crippen molar-refractivity contribution in [3.8, 4) is 5.75 Å². The van der Waals surface area contributed by atoms with Crippen LogP contribution in [0.25, 0.3) is 6.08 Å². The molecule has 3 rings (SSSR count). The molecule has 0 saturated carbocycles. The molecule has 0 spiro atoms. The van der Waals surface area contributed by atoms with Crippen molar-refractivity contribution in [1.29, 1.82) is 0 Å². The molecular weight excluding hydrogens is 340 g/mol. The summed E-state index contributed by atoms with van der Waals surface area (Å²) in [6, 6.07) is 17.8. The van der Waals surface area contributed by atoms with Crippen LogP contribution in [-0.4, -0.2) is 29.5 Å². The summed E-state index contributed by atoms with van der Waals surface area (Å²) in [4.78, 5) is 11.8. The molecule has 1 heterocycles. The van der Waals surface area contributed by atoms with Crippen LogP contribution in [-0.2, 0) is 22.5 Å². The molecule has 27 heavy (non-hydrogen) atoms. The maximum absolute atomic E-state index is 11.8. The first-order valence-corrected chi connectivity index (χ1v) is 8.77. The fourth-order valence-electron chi connectivity index (χ4n) is 2.60. The van der Waals surface area contributed by atoms with Crippen LogP contribution in [0.5, 0.6) is 5.75 Å². The second kappa shape index (κ2) is 9.38. The Morgan fingerprint density at radius 1 is 1.07 bits per heavy atom. The highest BCUT2D eigenvalue weighted by Crippen LogP contribution is 2.11. The van der Waals surface area contributed by atoms with E-state index in [0.717, 1.165) is 16.9 Å². The summed E-state index contributed by atoms with van der Waals surface area (Å²) < 4.78 is 12.2. The monoisotopic (exact) mass is 362 g/mol. The van der Waals surface area contributed by atoms with E-state index in [-0.39, 0.29) is 5.97 Å². The van der Waals surface area contributed by atoms with Gasteiger partial charge in [-0.15, -0.1) is 0 Å². The molecule has 0 radical (unpaired) electrons. The lowest BCUT2D eigenvalue weighted by Crippen LogP contribution is -2.04. The molecule has 0 aliphatic rings. The van der Waals surface area contributed by atoms with E-state index in [9.17, 15) is 4.79 Å². The molecule has 0 aliphatic heterocycles. The molecule has 5 nitrogen and oxygen atoms in total. The van der Waals surface area contributed by atoms with Crippen LogP contribution in [0, 0.1) is 0 Å². The van der Waals surface area contributed by atoms with Crippen LogP contribution < -0.4 is 4.74 Å². The van der Waals surface area contributed by atoms with Gasteiger partial charge in [-0.1, -0.05) is 42.5 Å². The number of hydrogen-bond acceptors (Lipinski definition) is 4. The third-order valence-electron chi connectivity index (χ3n) is 4.05. The number of esters is 1. The first-order chi connectivity index (χ1) is 13.2. The van der Waals surface area contributed by atoms with Crippen molar-refractivity contribution in [2.45, 2.75) is 13.0 Å². The lowest BCUT2D eigenvalue weighted by Gasteiger charge is -2.04. The maximum atomic E-state index is 11.8. The molecule has 2 aromatic carbocycles. The van der Waals surface area contributed by atoms with Crippen LogP contribution in [0.2, 0.25) is 0 Å². The molecule has 0 atom stereocenters. The summed E-state index contributed by atoms with van der Waals surface area (Å²) in [6.07, 6.45) is 7.43. The van der Waals surface area contributed by atoms with Crippen LogP contribution in [0.3, 0.4) is 0 Å². The molecule has 5 heteroatoms. The Balaban J connectivity index is 1.44. The van der Waals surface area contributed by atoms with E-state index in [4.69, 9.17) is 9.47 Å². The number of rotatable bonds is 8. The highest BCUT2D eigenvalue weighted by Gasteiger charge is 2.01. The van der Waals surface area contributed by atoms with Crippen molar-refractivity contribution in [2.24, 2.45) is 0 Å². The van der Waals surface area contributed by atoms with Gasteiger partial charge in [-0.05, 0) is 29.3 Å². The molecule has 0 amide bonds. The zero-order valence-electron chi connectivity index (χ0n) is 15.2. The largest absolute Gasteiger partial charge is 0.497 e. The molecule has 0 saturated heterocycles. The van der Waals surface area contributed by atoms with E-state index in [1.54, 1.807) is 19.4 Å². The number of benzene rings is 2. The van der Waals surface area contributed by atoms with E-state index >= 15 is 0 Å². The second-order valence-corrected chi connectivity index (χ2v) is 6.06. The summed E-state index contributed by atoms with van der Waals surface area (Å²) in [5.74, 6) is 0.450. The number of carbonyl (C=O) groups excluding carboxylic acids is 1. The number of carbonyl (C=O) groups is 1. The number of aromatic nitrogens is 2. The smallest absolute Gasteiger partial charge is 0.330 e. The molecule has 1 aromatic heterocycles. The zero-order valence-corrected chi connectivity index (χ0v) is 15.2. The average Bonchev–Trinajstić information content (AvgIpc) is 3.15. The highest BCUT2D eigenvalue weighted by molar-refractivity contribution is 5.86. The predicted molar refractivity (Wildman–Crippen MR) is 104 cm³/mol. The van der Waals surface area contributed by atoms with Crippen molar-refractivity contribution >= 4 is 12.0 Å². The first kappa shape index (κ1) is 18.5. The zero-order chi connectivity index (χ0) is 18.9. The third kappa shape index (κ3) is 5.85. The Morgan fingerprint density at radius 2 is 1.85 bits per heavy atom. The van der Waals surface area contributed by atoms with E-state index in [2.05, 4.69) is 17.2 Å². The summed E-state index contributed by atoms with van der Waals surface area (Å²) in [7, 11) is 1.63. The van der Waals surface area contributed by atoms with Gasteiger partial charge in [-0.25, -0.2) is 4.79 Å². The molecule has 3 aromatic rings. The van der Waals surface area contributed by atoms with Crippen molar-refractivity contribution in [1.82, 2.24) is 9.78 Å². The molecule has 0 aliphatic carbocycles. The predicted octanol–water partition coefficient (Wildman–Crippen LogP) is 3.74. The van der Waals surface area contributed by atoms with Crippen LogP contribution in [0.15, 0.2) is 73.1 Å². The third-order valence-corrected chi connectivity index (χ3v) is 4.05. The van der Waals surface area contributed by atoms with E-state index < -0.39 is 0 Å². The fourth-order valence-corrected chi connectivity index (χ4v) is 2.60. The normalized spacial score (nSPS) is 10.9. The molecule has 0 fully saturated rings. The van der Waals surface area contributed by atoms with E-state index in [0.29, 0.717) is 19.6 Å². The number of hydrogen-bond donors (Lipinski definition) is 0. The summed E-state index contributed by atoms with van der Waals surface area (Å²) in [5.41, 5.74) is 3.13. The SMILES string of the molecule is COc1ccc(CCOC(=O)/C=C/c2cnn(Cc3ccccc3)c2)cc1. The lowest BCUT2D eigenvalue weighted by atomic mass is 10.1. The van der Waals surface area contributed by atoms with Gasteiger partial charge in [-0.2, -0.15) is 5.10 Å². The Morgan fingerprint density at radius 3 is 2.59 bits per heavy atom. The van der Waals surface area contributed by atoms with Gasteiger partial charge in [0.1, 0.15) is 5.75 Å². The van der Waals surface area contributed by atoms with Crippen molar-refractivity contribution < 1.29 is 14.3 Å². The molecule has 0 unspecified atom stereocenters. The lowest BCUT2D eigenvalue weighted by molar-refractivity contribution is -0.137. The van der Waals surface area contributed by atoms with Gasteiger partial charge in [0.25, 0.3) is 0 Å². The number of ether oxygens (including phenoxy) is 2. The van der Waals surface area contributed by atoms with Crippen molar-refractivity contribution in [3.05, 3.63) is 89.8 Å². The highest BCUT2D eigenvalue weighted by atomic mass is 16.5. The minimum Gasteiger partial charge on any atom is -0.497 e. The fraction of sp³-hybridized carbons (Fsp3) is 0.182. The molecule has 0 N–H and O–H groups in total. The molecule has 138 valence electrons. The first-order valence-electron chi connectivity index (χ1n) is 8.77. The Labute approximate surface area is 158 Å². The van der Waals surface area contributed by atoms with Gasteiger partial charge < -0.3 is 9.47 Å². The van der Waals surface area contributed by atoms with Crippen molar-refractivity contribution in [2.75, 3.05) is 13.7 Å². The van der Waals surface area contributed by atoms with Crippen LogP contribution in [0.4, 0.5) is 0 Å². The van der Waals surface area contributed by atoms with Gasteiger partial charge in [0, 0.05) is 24.3 Å². The Kier molecular flexibility index (Phi) is 6.41. The quantitative estimate of drug-likeness (QED) is 0.452. The van der Waals surface area contributed by atoms with Crippen LogP contribution >= 0.6 is 0 Å². The van der Waals surface area contributed by atoms with Gasteiger partial charge in [0.05, 0.1) is 26.5 Å². The second-order valence-electron chi connectivity index (χ2n) is 6.06. The van der Waals surface area contributed by atoms with Gasteiger partial charge in [-0.3, -0.25) is 4.68 Å². The van der Waals surface area contributed by atoms with Gasteiger partial charge in [0.15, 0.2) is 0 Å². The summed E-state index contributed by atoms with van der Waals surface area (Å²) in [5, 5.41) is 4.31. The minimum absolute atomic E-state index is 0.336.